The van der Waals surface area contributed by atoms with Crippen molar-refractivity contribution >= 4 is 17.3 Å². The van der Waals surface area contributed by atoms with Gasteiger partial charge in [-0.25, -0.2) is 9.18 Å². The van der Waals surface area contributed by atoms with Crippen LogP contribution in [0.25, 0.3) is 0 Å². The van der Waals surface area contributed by atoms with Crippen LogP contribution < -0.4 is 15.8 Å². The molecule has 0 heterocycles. The van der Waals surface area contributed by atoms with Gasteiger partial charge >= 0.3 is 5.97 Å². The normalized spacial score (nSPS) is 12.1. The van der Waals surface area contributed by atoms with Crippen molar-refractivity contribution in [3.05, 3.63) is 17.9 Å². The lowest BCUT2D eigenvalue weighted by Gasteiger charge is -2.21. The molecule has 1 aromatic carbocycles. The lowest BCUT2D eigenvalue weighted by Crippen LogP contribution is -2.35. The molecule has 0 aliphatic carbocycles. The van der Waals surface area contributed by atoms with Gasteiger partial charge in [0.05, 0.1) is 25.6 Å². The number of anilines is 2. The minimum atomic E-state index is -0.646. The first-order chi connectivity index (χ1) is 8.90. The molecule has 1 aromatic rings. The van der Waals surface area contributed by atoms with E-state index >= 15 is 0 Å². The van der Waals surface area contributed by atoms with Crippen LogP contribution in [0.4, 0.5) is 15.8 Å². The third kappa shape index (κ3) is 3.49. The van der Waals surface area contributed by atoms with Gasteiger partial charge in [0.15, 0.2) is 0 Å². The fourth-order valence-electron chi connectivity index (χ4n) is 1.65. The van der Waals surface area contributed by atoms with Crippen LogP contribution in [0.3, 0.4) is 0 Å². The van der Waals surface area contributed by atoms with Crippen molar-refractivity contribution in [1.82, 2.24) is 0 Å². The number of esters is 1. The highest BCUT2D eigenvalue weighted by molar-refractivity contribution is 5.80. The Morgan fingerprint density at radius 2 is 2.00 bits per heavy atom. The third-order valence-electron chi connectivity index (χ3n) is 2.75. The zero-order valence-electron chi connectivity index (χ0n) is 11.5. The molecule has 19 heavy (non-hydrogen) atoms. The van der Waals surface area contributed by atoms with Gasteiger partial charge < -0.3 is 20.5 Å². The van der Waals surface area contributed by atoms with E-state index < -0.39 is 17.8 Å². The van der Waals surface area contributed by atoms with Gasteiger partial charge in [-0.05, 0) is 5.92 Å². The molecule has 1 atom stereocenters. The molecule has 0 aromatic heterocycles. The Kier molecular flexibility index (Phi) is 4.97. The van der Waals surface area contributed by atoms with Crippen LogP contribution in [0.15, 0.2) is 12.1 Å². The number of nitrogens with one attached hydrogen (secondary N) is 1. The van der Waals surface area contributed by atoms with Crippen LogP contribution in [-0.2, 0) is 9.53 Å². The van der Waals surface area contributed by atoms with Crippen molar-refractivity contribution in [2.45, 2.75) is 19.9 Å². The number of ether oxygens (including phenoxy) is 2. The quantitative estimate of drug-likeness (QED) is 0.632. The third-order valence-corrected chi connectivity index (χ3v) is 2.75. The Morgan fingerprint density at radius 3 is 2.47 bits per heavy atom. The van der Waals surface area contributed by atoms with Crippen molar-refractivity contribution in [2.75, 3.05) is 25.3 Å². The van der Waals surface area contributed by atoms with Gasteiger partial charge in [0.2, 0.25) is 0 Å². The first-order valence-corrected chi connectivity index (χ1v) is 5.88. The van der Waals surface area contributed by atoms with Crippen LogP contribution in [0.2, 0.25) is 0 Å². The molecule has 0 bridgehead atoms. The van der Waals surface area contributed by atoms with Gasteiger partial charge in [0, 0.05) is 12.1 Å². The number of hydrogen-bond donors (Lipinski definition) is 2. The van der Waals surface area contributed by atoms with E-state index in [0.29, 0.717) is 5.75 Å². The second-order valence-electron chi connectivity index (χ2n) is 4.46. The van der Waals surface area contributed by atoms with Crippen LogP contribution >= 0.6 is 0 Å². The Labute approximate surface area is 111 Å². The maximum atomic E-state index is 13.8. The van der Waals surface area contributed by atoms with E-state index in [1.54, 1.807) is 0 Å². The van der Waals surface area contributed by atoms with Crippen molar-refractivity contribution in [1.29, 1.82) is 0 Å². The Bertz CT molecular complexity index is 463. The Balaban J connectivity index is 3.06. The average Bonchev–Trinajstić information content (AvgIpc) is 2.36. The molecule has 3 N–H and O–H groups in total. The minimum absolute atomic E-state index is 0.0598. The molecule has 1 rings (SSSR count). The van der Waals surface area contributed by atoms with E-state index in [9.17, 15) is 9.18 Å². The largest absolute Gasteiger partial charge is 0.495 e. The first kappa shape index (κ1) is 15.1. The van der Waals surface area contributed by atoms with E-state index in [1.165, 1.54) is 20.3 Å². The summed E-state index contributed by atoms with van der Waals surface area (Å²) in [7, 11) is 2.73. The summed E-state index contributed by atoms with van der Waals surface area (Å²) in [5.41, 5.74) is 5.94. The van der Waals surface area contributed by atoms with Crippen LogP contribution in [0, 0.1) is 11.7 Å². The molecule has 0 amide bonds. The van der Waals surface area contributed by atoms with Crippen molar-refractivity contribution in [2.24, 2.45) is 5.92 Å². The van der Waals surface area contributed by atoms with Crippen molar-refractivity contribution in [3.8, 4) is 5.75 Å². The van der Waals surface area contributed by atoms with Crippen LogP contribution in [-0.4, -0.2) is 26.2 Å². The maximum absolute atomic E-state index is 13.8. The van der Waals surface area contributed by atoms with Gasteiger partial charge in [-0.15, -0.1) is 0 Å². The Hall–Kier alpha value is -1.98. The number of nitrogen functional groups attached to an aromatic ring is 1. The monoisotopic (exact) mass is 270 g/mol. The van der Waals surface area contributed by atoms with E-state index in [-0.39, 0.29) is 17.3 Å². The molecule has 5 nitrogen and oxygen atoms in total. The summed E-state index contributed by atoms with van der Waals surface area (Å²) in [6.07, 6.45) is 0. The molecule has 0 fully saturated rings. The van der Waals surface area contributed by atoms with Crippen LogP contribution in [0.1, 0.15) is 13.8 Å². The molecule has 0 saturated heterocycles. The van der Waals surface area contributed by atoms with E-state index in [1.807, 2.05) is 13.8 Å². The molecule has 0 saturated carbocycles. The maximum Gasteiger partial charge on any atom is 0.328 e. The van der Waals surface area contributed by atoms with Crippen LogP contribution in [0.5, 0.6) is 5.75 Å². The van der Waals surface area contributed by atoms with Crippen molar-refractivity contribution in [3.63, 3.8) is 0 Å². The average molecular weight is 270 g/mol. The van der Waals surface area contributed by atoms with Gasteiger partial charge in [0.25, 0.3) is 0 Å². The highest BCUT2D eigenvalue weighted by atomic mass is 19.1. The van der Waals surface area contributed by atoms with Gasteiger partial charge in [-0.2, -0.15) is 0 Å². The summed E-state index contributed by atoms with van der Waals surface area (Å²) in [6, 6.07) is 1.92. The van der Waals surface area contributed by atoms with E-state index in [4.69, 9.17) is 10.5 Å². The lowest BCUT2D eigenvalue weighted by molar-refractivity contribution is -0.142. The van der Waals surface area contributed by atoms with Crippen molar-refractivity contribution < 1.29 is 18.7 Å². The van der Waals surface area contributed by atoms with E-state index in [2.05, 4.69) is 10.1 Å². The second-order valence-corrected chi connectivity index (χ2v) is 4.46. The highest BCUT2D eigenvalue weighted by Crippen LogP contribution is 2.29. The number of halogens is 1. The minimum Gasteiger partial charge on any atom is -0.495 e. The predicted molar refractivity (Wildman–Crippen MR) is 71.6 cm³/mol. The zero-order valence-corrected chi connectivity index (χ0v) is 11.5. The molecule has 1 unspecified atom stereocenters. The number of rotatable bonds is 5. The SMILES string of the molecule is COC(=O)C(Nc1cc(OC)c(N)cc1F)C(C)C. The Morgan fingerprint density at radius 1 is 1.37 bits per heavy atom. The summed E-state index contributed by atoms with van der Waals surface area (Å²) in [5.74, 6) is -0.718. The van der Waals surface area contributed by atoms with Gasteiger partial charge in [-0.3, -0.25) is 0 Å². The summed E-state index contributed by atoms with van der Waals surface area (Å²) >= 11 is 0. The lowest BCUT2D eigenvalue weighted by atomic mass is 10.0. The number of hydrogen-bond acceptors (Lipinski definition) is 5. The van der Waals surface area contributed by atoms with E-state index in [0.717, 1.165) is 6.07 Å². The first-order valence-electron chi connectivity index (χ1n) is 5.88. The molecule has 0 spiro atoms. The van der Waals surface area contributed by atoms with Gasteiger partial charge in [-0.1, -0.05) is 13.8 Å². The number of methoxy groups -OCH3 is 2. The number of carbonyl (C=O) groups is 1. The van der Waals surface area contributed by atoms with Gasteiger partial charge in [0.1, 0.15) is 17.6 Å². The molecule has 0 radical (unpaired) electrons. The molecular formula is C13H19FN2O3. The molecular weight excluding hydrogens is 251 g/mol. The fraction of sp³-hybridized carbons (Fsp3) is 0.462. The zero-order chi connectivity index (χ0) is 14.6. The molecule has 0 aliphatic heterocycles. The number of nitrogens with two attached hydrogens (primary N) is 1. The smallest absolute Gasteiger partial charge is 0.328 e. The summed E-state index contributed by atoms with van der Waals surface area (Å²) in [5, 5.41) is 2.81. The predicted octanol–water partition coefficient (Wildman–Crippen LogP) is 2.03. The fourth-order valence-corrected chi connectivity index (χ4v) is 1.65. The standard InChI is InChI=1S/C13H19FN2O3/c1-7(2)12(13(17)19-4)16-10-6-11(18-3)9(15)5-8(10)14/h5-7,12,16H,15H2,1-4H3. The summed E-state index contributed by atoms with van der Waals surface area (Å²) in [4.78, 5) is 11.6. The second kappa shape index (κ2) is 6.26. The molecule has 106 valence electrons. The summed E-state index contributed by atoms with van der Waals surface area (Å²) in [6.45, 7) is 3.67. The number of carbonyl (C=O) groups excluding carboxylic acids is 1. The molecule has 0 aliphatic rings. The topological polar surface area (TPSA) is 73.6 Å². The molecule has 6 heteroatoms. The highest BCUT2D eigenvalue weighted by Gasteiger charge is 2.24. The summed E-state index contributed by atoms with van der Waals surface area (Å²) < 4.78 is 23.5. The number of benzene rings is 1.